The van der Waals surface area contributed by atoms with Crippen molar-refractivity contribution in [1.29, 1.82) is 0 Å². The van der Waals surface area contributed by atoms with Gasteiger partial charge in [-0.2, -0.15) is 0 Å². The van der Waals surface area contributed by atoms with Gasteiger partial charge in [0.05, 0.1) is 23.9 Å². The van der Waals surface area contributed by atoms with Crippen molar-refractivity contribution in [1.82, 2.24) is 4.98 Å². The van der Waals surface area contributed by atoms with Crippen LogP contribution in [-0.2, 0) is 0 Å². The van der Waals surface area contributed by atoms with Gasteiger partial charge in [-0.25, -0.2) is 13.8 Å². The molecular formula is C19H15BrF2N2O3S. The van der Waals surface area contributed by atoms with Crippen LogP contribution in [0.15, 0.2) is 40.2 Å². The molecule has 0 fully saturated rings. The number of amides is 1. The predicted molar refractivity (Wildman–Crippen MR) is 107 cm³/mol. The fraction of sp³-hybridized carbons (Fsp3) is 0.158. The number of methoxy groups -OCH3 is 1. The van der Waals surface area contributed by atoms with Crippen molar-refractivity contribution in [2.75, 3.05) is 19.0 Å². The third-order valence-electron chi connectivity index (χ3n) is 3.72. The molecule has 28 heavy (non-hydrogen) atoms. The van der Waals surface area contributed by atoms with Crippen LogP contribution in [0.25, 0.3) is 11.3 Å². The number of carbonyl (C=O) groups is 1. The normalized spacial score (nSPS) is 10.6. The van der Waals surface area contributed by atoms with Crippen LogP contribution < -0.4 is 14.8 Å². The van der Waals surface area contributed by atoms with Crippen molar-refractivity contribution in [2.45, 2.75) is 6.92 Å². The first-order chi connectivity index (χ1) is 13.4. The van der Waals surface area contributed by atoms with Crippen LogP contribution >= 0.6 is 27.3 Å². The zero-order valence-electron chi connectivity index (χ0n) is 14.9. The lowest BCUT2D eigenvalue weighted by Gasteiger charge is -2.13. The Hall–Kier alpha value is -2.52. The molecule has 0 aliphatic rings. The Balaban J connectivity index is 1.81. The molecule has 3 aromatic rings. The minimum atomic E-state index is -0.956. The molecule has 1 amide bonds. The van der Waals surface area contributed by atoms with Gasteiger partial charge in [0, 0.05) is 16.5 Å². The SMILES string of the molecule is CCOc1c(Br)cc(C(=O)Nc2nc(-c3ccc(F)c(F)c3)cs2)cc1OC. The van der Waals surface area contributed by atoms with Gasteiger partial charge in [0.1, 0.15) is 0 Å². The Labute approximate surface area is 172 Å². The maximum Gasteiger partial charge on any atom is 0.257 e. The molecule has 0 spiro atoms. The summed E-state index contributed by atoms with van der Waals surface area (Å²) in [6.45, 7) is 2.30. The summed E-state index contributed by atoms with van der Waals surface area (Å²) in [7, 11) is 1.49. The Morgan fingerprint density at radius 1 is 1.25 bits per heavy atom. The zero-order valence-corrected chi connectivity index (χ0v) is 17.3. The number of benzene rings is 2. The first-order valence-electron chi connectivity index (χ1n) is 8.15. The summed E-state index contributed by atoms with van der Waals surface area (Å²) in [6, 6.07) is 6.70. The van der Waals surface area contributed by atoms with Gasteiger partial charge in [0.25, 0.3) is 5.91 Å². The monoisotopic (exact) mass is 468 g/mol. The molecular weight excluding hydrogens is 454 g/mol. The maximum absolute atomic E-state index is 13.4. The van der Waals surface area contributed by atoms with E-state index in [-0.39, 0.29) is 0 Å². The second-order valence-electron chi connectivity index (χ2n) is 5.54. The van der Waals surface area contributed by atoms with Crippen LogP contribution in [0.3, 0.4) is 0 Å². The summed E-state index contributed by atoms with van der Waals surface area (Å²) in [5.74, 6) is -1.35. The Morgan fingerprint density at radius 2 is 2.04 bits per heavy atom. The first kappa shape index (κ1) is 20.2. The largest absolute Gasteiger partial charge is 0.493 e. The molecule has 0 atom stereocenters. The second-order valence-corrected chi connectivity index (χ2v) is 7.26. The Kier molecular flexibility index (Phi) is 6.25. The Morgan fingerprint density at radius 3 is 2.71 bits per heavy atom. The summed E-state index contributed by atoms with van der Waals surface area (Å²) in [6.07, 6.45) is 0. The van der Waals surface area contributed by atoms with E-state index in [9.17, 15) is 13.6 Å². The van der Waals surface area contributed by atoms with E-state index in [1.54, 1.807) is 17.5 Å². The molecule has 1 heterocycles. The fourth-order valence-corrected chi connectivity index (χ4v) is 3.70. The molecule has 5 nitrogen and oxygen atoms in total. The van der Waals surface area contributed by atoms with Crippen LogP contribution in [0.2, 0.25) is 0 Å². The minimum Gasteiger partial charge on any atom is -0.493 e. The molecule has 2 aromatic carbocycles. The van der Waals surface area contributed by atoms with E-state index in [2.05, 4.69) is 26.2 Å². The van der Waals surface area contributed by atoms with Gasteiger partial charge < -0.3 is 9.47 Å². The highest BCUT2D eigenvalue weighted by atomic mass is 79.9. The third kappa shape index (κ3) is 4.31. The van der Waals surface area contributed by atoms with Gasteiger partial charge >= 0.3 is 0 Å². The highest BCUT2D eigenvalue weighted by Crippen LogP contribution is 2.37. The van der Waals surface area contributed by atoms with Crippen molar-refractivity contribution in [3.05, 3.63) is 57.4 Å². The van der Waals surface area contributed by atoms with Gasteiger partial charge in [0.15, 0.2) is 28.3 Å². The molecule has 3 rings (SSSR count). The van der Waals surface area contributed by atoms with E-state index in [0.29, 0.717) is 44.5 Å². The average Bonchev–Trinajstić information content (AvgIpc) is 3.13. The van der Waals surface area contributed by atoms with Crippen molar-refractivity contribution in [3.8, 4) is 22.8 Å². The second kappa shape index (κ2) is 8.66. The smallest absolute Gasteiger partial charge is 0.257 e. The highest BCUT2D eigenvalue weighted by molar-refractivity contribution is 9.10. The molecule has 0 saturated heterocycles. The molecule has 0 aliphatic carbocycles. The number of ether oxygens (including phenoxy) is 2. The molecule has 9 heteroatoms. The average molecular weight is 469 g/mol. The molecule has 0 radical (unpaired) electrons. The van der Waals surface area contributed by atoms with E-state index in [1.165, 1.54) is 24.5 Å². The third-order valence-corrected chi connectivity index (χ3v) is 5.07. The fourth-order valence-electron chi connectivity index (χ4n) is 2.42. The molecule has 1 aromatic heterocycles. The van der Waals surface area contributed by atoms with Crippen molar-refractivity contribution in [2.24, 2.45) is 0 Å². The molecule has 0 bridgehead atoms. The van der Waals surface area contributed by atoms with E-state index >= 15 is 0 Å². The Bertz CT molecular complexity index is 1030. The lowest BCUT2D eigenvalue weighted by molar-refractivity contribution is 0.102. The molecule has 1 N–H and O–H groups in total. The van der Waals surface area contributed by atoms with E-state index in [4.69, 9.17) is 9.47 Å². The van der Waals surface area contributed by atoms with Crippen molar-refractivity contribution >= 4 is 38.3 Å². The number of carbonyl (C=O) groups excluding carboxylic acids is 1. The number of rotatable bonds is 6. The van der Waals surface area contributed by atoms with Crippen LogP contribution in [0.5, 0.6) is 11.5 Å². The minimum absolute atomic E-state index is 0.328. The van der Waals surface area contributed by atoms with Crippen molar-refractivity contribution < 1.29 is 23.0 Å². The van der Waals surface area contributed by atoms with E-state index in [0.717, 1.165) is 12.1 Å². The molecule has 0 unspecified atom stereocenters. The first-order valence-corrected chi connectivity index (χ1v) is 9.82. The summed E-state index contributed by atoms with van der Waals surface area (Å²) >= 11 is 4.55. The van der Waals surface area contributed by atoms with Crippen LogP contribution in [0, 0.1) is 11.6 Å². The number of aromatic nitrogens is 1. The summed E-state index contributed by atoms with van der Waals surface area (Å²) in [5, 5.41) is 4.67. The molecule has 0 aliphatic heterocycles. The van der Waals surface area contributed by atoms with Crippen LogP contribution in [-0.4, -0.2) is 24.6 Å². The van der Waals surface area contributed by atoms with Crippen molar-refractivity contribution in [3.63, 3.8) is 0 Å². The number of nitrogens with zero attached hydrogens (tertiary/aromatic N) is 1. The lowest BCUT2D eigenvalue weighted by Crippen LogP contribution is -2.12. The molecule has 0 saturated carbocycles. The molecule has 146 valence electrons. The highest BCUT2D eigenvalue weighted by Gasteiger charge is 2.17. The van der Waals surface area contributed by atoms with Gasteiger partial charge in [0.2, 0.25) is 0 Å². The van der Waals surface area contributed by atoms with Gasteiger partial charge in [-0.1, -0.05) is 0 Å². The summed E-state index contributed by atoms with van der Waals surface area (Å²) < 4.78 is 37.9. The van der Waals surface area contributed by atoms with Gasteiger partial charge in [-0.05, 0) is 53.2 Å². The summed E-state index contributed by atoms with van der Waals surface area (Å²) in [4.78, 5) is 16.8. The predicted octanol–water partition coefficient (Wildman–Crippen LogP) is 5.51. The zero-order chi connectivity index (χ0) is 20.3. The van der Waals surface area contributed by atoms with Crippen LogP contribution in [0.4, 0.5) is 13.9 Å². The van der Waals surface area contributed by atoms with E-state index < -0.39 is 17.5 Å². The maximum atomic E-state index is 13.4. The number of hydrogen-bond acceptors (Lipinski definition) is 5. The summed E-state index contributed by atoms with van der Waals surface area (Å²) in [5.41, 5.74) is 1.20. The van der Waals surface area contributed by atoms with Gasteiger partial charge in [-0.3, -0.25) is 10.1 Å². The number of thiazole rings is 1. The topological polar surface area (TPSA) is 60.5 Å². The number of hydrogen-bond donors (Lipinski definition) is 1. The number of halogens is 3. The number of nitrogens with one attached hydrogen (secondary N) is 1. The van der Waals surface area contributed by atoms with Crippen LogP contribution in [0.1, 0.15) is 17.3 Å². The van der Waals surface area contributed by atoms with Gasteiger partial charge in [-0.15, -0.1) is 11.3 Å². The lowest BCUT2D eigenvalue weighted by atomic mass is 10.1. The quantitative estimate of drug-likeness (QED) is 0.517. The standard InChI is InChI=1S/C19H15BrF2N2O3S/c1-3-27-17-12(20)6-11(8-16(17)26-2)18(25)24-19-23-15(9-28-19)10-4-5-13(21)14(22)7-10/h4-9H,3H2,1-2H3,(H,23,24,25). The number of anilines is 1. The van der Waals surface area contributed by atoms with E-state index in [1.807, 2.05) is 6.92 Å².